The Morgan fingerprint density at radius 2 is 2.07 bits per heavy atom. The number of pyridine rings is 1. The lowest BCUT2D eigenvalue weighted by Crippen LogP contribution is -2.39. The topological polar surface area (TPSA) is 63.1 Å². The molecule has 1 aromatic heterocycles. The molecule has 1 fully saturated rings. The van der Waals surface area contributed by atoms with Crippen molar-refractivity contribution in [2.75, 3.05) is 12.0 Å². The third kappa shape index (κ3) is 3.85. The Morgan fingerprint density at radius 3 is 2.64 bits per heavy atom. The van der Waals surface area contributed by atoms with Crippen LogP contribution >= 0.6 is 15.9 Å². The van der Waals surface area contributed by atoms with Crippen LogP contribution in [0.2, 0.25) is 0 Å². The van der Waals surface area contributed by atoms with Gasteiger partial charge in [-0.05, 0) is 78.7 Å². The summed E-state index contributed by atoms with van der Waals surface area (Å²) in [6.07, 6.45) is 3.11. The smallest absolute Gasteiger partial charge is 0.283 e. The van der Waals surface area contributed by atoms with Crippen molar-refractivity contribution in [3.63, 3.8) is 0 Å². The Hall–Kier alpha value is -2.15. The molecular formula is C21H25BrFN3O2. The summed E-state index contributed by atoms with van der Waals surface area (Å²) in [5.74, 6) is -0.287. The van der Waals surface area contributed by atoms with Gasteiger partial charge in [-0.1, -0.05) is 18.6 Å². The second-order valence-corrected chi connectivity index (χ2v) is 8.04. The van der Waals surface area contributed by atoms with Gasteiger partial charge < -0.3 is 10.7 Å². The van der Waals surface area contributed by atoms with Crippen LogP contribution in [0.3, 0.4) is 0 Å². The van der Waals surface area contributed by atoms with E-state index < -0.39 is 0 Å². The Kier molecular flexibility index (Phi) is 6.23. The molecule has 150 valence electrons. The average molecular weight is 450 g/mol. The molecule has 1 amide bonds. The van der Waals surface area contributed by atoms with Crippen LogP contribution in [-0.2, 0) is 0 Å². The van der Waals surface area contributed by atoms with Crippen molar-refractivity contribution in [2.45, 2.75) is 46.1 Å². The summed E-state index contributed by atoms with van der Waals surface area (Å²) < 4.78 is 15.5. The number of carbonyl (C=O) groups excluding carboxylic acids is 1. The van der Waals surface area contributed by atoms with Gasteiger partial charge in [-0.15, -0.1) is 0 Å². The fourth-order valence-corrected chi connectivity index (χ4v) is 4.12. The molecule has 7 heteroatoms. The van der Waals surface area contributed by atoms with Gasteiger partial charge in [0, 0.05) is 6.54 Å². The molecule has 0 aliphatic heterocycles. The molecule has 1 saturated carbocycles. The maximum Gasteiger partial charge on any atom is 0.283 e. The molecule has 1 atom stereocenters. The number of nitrogens with one attached hydrogen (secondary N) is 2. The van der Waals surface area contributed by atoms with Gasteiger partial charge in [0.2, 0.25) is 0 Å². The zero-order chi connectivity index (χ0) is 20.4. The van der Waals surface area contributed by atoms with Crippen molar-refractivity contribution in [3.05, 3.63) is 67.3 Å². The maximum atomic E-state index is 13.8. The second-order valence-electron chi connectivity index (χ2n) is 7.25. The summed E-state index contributed by atoms with van der Waals surface area (Å²) in [6.45, 7) is 5.93. The van der Waals surface area contributed by atoms with Gasteiger partial charge in [0.15, 0.2) is 0 Å². The molecule has 1 aliphatic carbocycles. The molecule has 2 aromatic rings. The van der Waals surface area contributed by atoms with Gasteiger partial charge in [0.1, 0.15) is 5.82 Å². The highest BCUT2D eigenvalue weighted by Crippen LogP contribution is 2.38. The van der Waals surface area contributed by atoms with E-state index in [2.05, 4.69) is 26.7 Å². The molecular weight excluding hydrogens is 425 g/mol. The first-order valence-corrected chi connectivity index (χ1v) is 10.4. The zero-order valence-electron chi connectivity index (χ0n) is 16.3. The summed E-state index contributed by atoms with van der Waals surface area (Å²) in [4.78, 5) is 25.8. The zero-order valence-corrected chi connectivity index (χ0v) is 17.9. The molecule has 1 heterocycles. The van der Waals surface area contributed by atoms with Crippen LogP contribution in [-0.4, -0.2) is 17.1 Å². The third-order valence-electron chi connectivity index (χ3n) is 5.45. The molecule has 1 aliphatic rings. The normalized spacial score (nSPS) is 15.0. The quantitative estimate of drug-likeness (QED) is 0.694. The fourth-order valence-electron chi connectivity index (χ4n) is 3.75. The van der Waals surface area contributed by atoms with Crippen LogP contribution in [0.5, 0.6) is 0 Å². The van der Waals surface area contributed by atoms with E-state index in [-0.39, 0.29) is 29.2 Å². The number of hydrogen-bond donors (Lipinski definition) is 2. The first kappa shape index (κ1) is 20.6. The van der Waals surface area contributed by atoms with Crippen LogP contribution in [0.15, 0.2) is 33.5 Å². The van der Waals surface area contributed by atoms with Crippen molar-refractivity contribution in [1.82, 2.24) is 9.99 Å². The Bertz CT molecular complexity index is 953. The number of nitrogens with zero attached hydrogens (tertiary/aromatic N) is 1. The average Bonchev–Trinajstić information content (AvgIpc) is 2.61. The minimum atomic E-state index is -0.313. The first-order valence-electron chi connectivity index (χ1n) is 9.57. The van der Waals surface area contributed by atoms with Crippen molar-refractivity contribution in [2.24, 2.45) is 5.92 Å². The number of rotatable bonds is 6. The Balaban J connectivity index is 2.00. The highest BCUT2D eigenvalue weighted by atomic mass is 79.9. The van der Waals surface area contributed by atoms with Crippen molar-refractivity contribution in [3.8, 4) is 0 Å². The molecule has 2 N–H and O–H groups in total. The minimum absolute atomic E-state index is 0.228. The summed E-state index contributed by atoms with van der Waals surface area (Å²) in [7, 11) is 0. The van der Waals surface area contributed by atoms with Crippen LogP contribution in [0.25, 0.3) is 0 Å². The number of carbonyl (C=O) groups is 1. The van der Waals surface area contributed by atoms with Crippen LogP contribution in [0, 0.1) is 25.6 Å². The van der Waals surface area contributed by atoms with E-state index in [1.165, 1.54) is 16.8 Å². The summed E-state index contributed by atoms with van der Waals surface area (Å²) in [6, 6.07) is 6.15. The molecule has 0 saturated heterocycles. The van der Waals surface area contributed by atoms with E-state index in [0.717, 1.165) is 24.8 Å². The predicted molar refractivity (Wildman–Crippen MR) is 112 cm³/mol. The molecule has 28 heavy (non-hydrogen) atoms. The van der Waals surface area contributed by atoms with Crippen LogP contribution in [0.1, 0.15) is 59.4 Å². The lowest BCUT2D eigenvalue weighted by molar-refractivity contribution is 0.0898. The first-order chi connectivity index (χ1) is 13.3. The SMILES string of the molecule is CCNn1c(C)c(C(=O)NC(c2cccc(F)c2)C2CCC2)c(C)c(Br)c1=O. The highest BCUT2D eigenvalue weighted by Gasteiger charge is 2.31. The molecule has 0 spiro atoms. The fraction of sp³-hybridized carbons (Fsp3) is 0.429. The monoisotopic (exact) mass is 449 g/mol. The number of hydrogen-bond acceptors (Lipinski definition) is 3. The van der Waals surface area contributed by atoms with Crippen LogP contribution < -0.4 is 16.3 Å². The third-order valence-corrected chi connectivity index (χ3v) is 6.39. The molecule has 5 nitrogen and oxygen atoms in total. The van der Waals surface area contributed by atoms with Gasteiger partial charge in [0.25, 0.3) is 11.5 Å². The van der Waals surface area contributed by atoms with Gasteiger partial charge in [-0.25, -0.2) is 9.07 Å². The number of amides is 1. The summed E-state index contributed by atoms with van der Waals surface area (Å²) in [5, 5.41) is 3.11. The molecule has 0 bridgehead atoms. The van der Waals surface area contributed by atoms with Crippen molar-refractivity contribution < 1.29 is 9.18 Å². The van der Waals surface area contributed by atoms with E-state index in [1.54, 1.807) is 19.9 Å². The second kappa shape index (κ2) is 8.47. The van der Waals surface area contributed by atoms with E-state index in [9.17, 15) is 14.0 Å². The number of halogens is 2. The van der Waals surface area contributed by atoms with E-state index in [0.29, 0.717) is 27.8 Å². The lowest BCUT2D eigenvalue weighted by atomic mass is 9.77. The van der Waals surface area contributed by atoms with Crippen molar-refractivity contribution >= 4 is 21.8 Å². The number of aromatic nitrogens is 1. The summed E-state index contributed by atoms with van der Waals surface area (Å²) in [5.41, 5.74) is 5.13. The number of benzene rings is 1. The largest absolute Gasteiger partial charge is 0.345 e. The Labute approximate surface area is 172 Å². The molecule has 0 radical (unpaired) electrons. The minimum Gasteiger partial charge on any atom is -0.345 e. The van der Waals surface area contributed by atoms with Crippen LogP contribution in [0.4, 0.5) is 4.39 Å². The summed E-state index contributed by atoms with van der Waals surface area (Å²) >= 11 is 3.32. The molecule has 1 aromatic carbocycles. The highest BCUT2D eigenvalue weighted by molar-refractivity contribution is 9.10. The van der Waals surface area contributed by atoms with Crippen molar-refractivity contribution in [1.29, 1.82) is 0 Å². The Morgan fingerprint density at radius 1 is 1.36 bits per heavy atom. The van der Waals surface area contributed by atoms with Gasteiger partial charge in [0.05, 0.1) is 21.8 Å². The molecule has 1 unspecified atom stereocenters. The van der Waals surface area contributed by atoms with E-state index >= 15 is 0 Å². The maximum absolute atomic E-state index is 13.8. The van der Waals surface area contributed by atoms with Gasteiger partial charge in [-0.2, -0.15) is 0 Å². The van der Waals surface area contributed by atoms with E-state index in [1.807, 2.05) is 13.0 Å². The lowest BCUT2D eigenvalue weighted by Gasteiger charge is -2.35. The van der Waals surface area contributed by atoms with Gasteiger partial charge in [-0.3, -0.25) is 9.59 Å². The predicted octanol–water partition coefficient (Wildman–Crippen LogP) is 4.20. The van der Waals surface area contributed by atoms with Gasteiger partial charge >= 0.3 is 0 Å². The standard InChI is InChI=1S/C21H25BrFN3O2/c1-4-24-26-13(3)17(12(2)18(22)21(26)28)20(27)25-19(14-7-5-8-14)15-9-6-10-16(23)11-15/h6,9-11,14,19,24H,4-5,7-8H2,1-3H3,(H,25,27). The molecule has 3 rings (SSSR count). The van der Waals surface area contributed by atoms with E-state index in [4.69, 9.17) is 0 Å².